The third-order valence-corrected chi connectivity index (χ3v) is 4.45. The Balaban J connectivity index is 1.47. The van der Waals surface area contributed by atoms with Gasteiger partial charge >= 0.3 is 6.18 Å². The summed E-state index contributed by atoms with van der Waals surface area (Å²) in [4.78, 5) is 2.24. The number of nitrogens with zero attached hydrogens (tertiary/aromatic N) is 1. The molecule has 142 valence electrons. The first-order chi connectivity index (χ1) is 12.9. The highest BCUT2D eigenvalue weighted by atomic mass is 19.4. The van der Waals surface area contributed by atoms with Gasteiger partial charge in [0.15, 0.2) is 0 Å². The predicted octanol–water partition coefficient (Wildman–Crippen LogP) is 3.29. The summed E-state index contributed by atoms with van der Waals surface area (Å²) in [5, 5.41) is 0. The fourth-order valence-corrected chi connectivity index (χ4v) is 3.06. The van der Waals surface area contributed by atoms with Crippen LogP contribution >= 0.6 is 0 Å². The number of ether oxygens (including phenoxy) is 1. The second kappa shape index (κ2) is 8.57. The maximum absolute atomic E-state index is 12.5. The van der Waals surface area contributed by atoms with E-state index in [2.05, 4.69) is 28.9 Å². The summed E-state index contributed by atoms with van der Waals surface area (Å²) in [7, 11) is 0. The van der Waals surface area contributed by atoms with Crippen LogP contribution in [0.25, 0.3) is 0 Å². The minimum absolute atomic E-state index is 0.0819. The molecule has 27 heavy (non-hydrogen) atoms. The molecule has 0 aromatic heterocycles. The van der Waals surface area contributed by atoms with E-state index in [1.54, 1.807) is 0 Å². The molecule has 2 aromatic carbocycles. The number of rotatable bonds is 4. The molecule has 3 rings (SSSR count). The van der Waals surface area contributed by atoms with Crippen LogP contribution in [-0.4, -0.2) is 36.7 Å². The summed E-state index contributed by atoms with van der Waals surface area (Å²) in [6, 6.07) is 14.9. The van der Waals surface area contributed by atoms with Crippen LogP contribution in [0.3, 0.4) is 0 Å². The number of benzene rings is 2. The molecule has 1 fully saturated rings. The lowest BCUT2D eigenvalue weighted by Crippen LogP contribution is -2.35. The van der Waals surface area contributed by atoms with Crippen molar-refractivity contribution in [2.24, 2.45) is 5.73 Å². The first-order valence-electron chi connectivity index (χ1n) is 8.71. The molecule has 0 amide bonds. The van der Waals surface area contributed by atoms with Crippen molar-refractivity contribution in [2.45, 2.75) is 24.9 Å². The number of hydrogen-bond donors (Lipinski definition) is 1. The highest BCUT2D eigenvalue weighted by Crippen LogP contribution is 2.28. The van der Waals surface area contributed by atoms with Crippen LogP contribution in [0.15, 0.2) is 54.6 Å². The third kappa shape index (κ3) is 5.57. The Morgan fingerprint density at radius 3 is 2.41 bits per heavy atom. The molecule has 6 heteroatoms. The molecule has 3 nitrogen and oxygen atoms in total. The summed E-state index contributed by atoms with van der Waals surface area (Å²) < 4.78 is 43.4. The van der Waals surface area contributed by atoms with Crippen LogP contribution < -0.4 is 5.73 Å². The van der Waals surface area contributed by atoms with Gasteiger partial charge < -0.3 is 10.5 Å². The predicted molar refractivity (Wildman–Crippen MR) is 97.8 cm³/mol. The summed E-state index contributed by atoms with van der Waals surface area (Å²) >= 11 is 0. The van der Waals surface area contributed by atoms with Gasteiger partial charge in [-0.1, -0.05) is 42.2 Å². The van der Waals surface area contributed by atoms with Crippen molar-refractivity contribution in [1.29, 1.82) is 0 Å². The summed E-state index contributed by atoms with van der Waals surface area (Å²) in [5.74, 6) is 5.66. The van der Waals surface area contributed by atoms with E-state index in [4.69, 9.17) is 10.5 Å². The average Bonchev–Trinajstić information content (AvgIpc) is 2.98. The molecule has 0 saturated carbocycles. The van der Waals surface area contributed by atoms with Gasteiger partial charge in [-0.3, -0.25) is 4.90 Å². The monoisotopic (exact) mass is 374 g/mol. The first kappa shape index (κ1) is 19.4. The molecule has 0 radical (unpaired) electrons. The van der Waals surface area contributed by atoms with E-state index in [9.17, 15) is 13.2 Å². The van der Waals surface area contributed by atoms with E-state index >= 15 is 0 Å². The van der Waals surface area contributed by atoms with Crippen molar-refractivity contribution < 1.29 is 17.9 Å². The maximum atomic E-state index is 12.5. The largest absolute Gasteiger partial charge is 0.416 e. The number of nitrogens with two attached hydrogens (primary N) is 1. The van der Waals surface area contributed by atoms with E-state index < -0.39 is 11.7 Å². The molecule has 1 aliphatic heterocycles. The number of halogens is 3. The summed E-state index contributed by atoms with van der Waals surface area (Å²) in [6.07, 6.45) is -4.44. The van der Waals surface area contributed by atoms with Crippen LogP contribution in [0.1, 0.15) is 16.7 Å². The van der Waals surface area contributed by atoms with E-state index in [0.29, 0.717) is 5.56 Å². The van der Waals surface area contributed by atoms with E-state index in [-0.39, 0.29) is 18.8 Å². The van der Waals surface area contributed by atoms with Gasteiger partial charge in [0, 0.05) is 31.2 Å². The van der Waals surface area contributed by atoms with Crippen LogP contribution in [0.4, 0.5) is 13.2 Å². The van der Waals surface area contributed by atoms with Crippen molar-refractivity contribution in [2.75, 3.05) is 19.7 Å². The molecule has 2 atom stereocenters. The van der Waals surface area contributed by atoms with E-state index in [0.717, 1.165) is 31.8 Å². The van der Waals surface area contributed by atoms with Gasteiger partial charge in [-0.2, -0.15) is 13.2 Å². The zero-order valence-corrected chi connectivity index (χ0v) is 14.7. The Morgan fingerprint density at radius 1 is 1.04 bits per heavy atom. The fraction of sp³-hybridized carbons (Fsp3) is 0.333. The topological polar surface area (TPSA) is 38.5 Å². The third-order valence-electron chi connectivity index (χ3n) is 4.45. The van der Waals surface area contributed by atoms with Gasteiger partial charge in [-0.05, 0) is 29.8 Å². The zero-order valence-electron chi connectivity index (χ0n) is 14.7. The molecule has 0 spiro atoms. The lowest BCUT2D eigenvalue weighted by molar-refractivity contribution is -0.137. The van der Waals surface area contributed by atoms with Crippen LogP contribution in [-0.2, 0) is 17.5 Å². The van der Waals surface area contributed by atoms with Crippen molar-refractivity contribution in [1.82, 2.24) is 4.90 Å². The molecule has 2 aromatic rings. The second-order valence-corrected chi connectivity index (χ2v) is 6.57. The Kier molecular flexibility index (Phi) is 6.17. The minimum atomic E-state index is -4.33. The molecule has 0 aliphatic carbocycles. The molecule has 0 unspecified atom stereocenters. The Hall–Kier alpha value is -2.33. The van der Waals surface area contributed by atoms with E-state index in [1.807, 2.05) is 18.2 Å². The smallest absolute Gasteiger partial charge is 0.363 e. The highest BCUT2D eigenvalue weighted by Gasteiger charge is 2.31. The van der Waals surface area contributed by atoms with Crippen molar-refractivity contribution in [3.63, 3.8) is 0 Å². The first-order valence-corrected chi connectivity index (χ1v) is 8.71. The van der Waals surface area contributed by atoms with Gasteiger partial charge in [0.05, 0.1) is 11.7 Å². The Bertz CT molecular complexity index is 794. The summed E-state index contributed by atoms with van der Waals surface area (Å²) in [5.41, 5.74) is 7.22. The van der Waals surface area contributed by atoms with Crippen LogP contribution in [0.5, 0.6) is 0 Å². The molecular weight excluding hydrogens is 353 g/mol. The Morgan fingerprint density at radius 2 is 1.74 bits per heavy atom. The molecule has 0 bridgehead atoms. The van der Waals surface area contributed by atoms with E-state index in [1.165, 1.54) is 17.7 Å². The normalized spacial score (nSPS) is 20.3. The van der Waals surface area contributed by atoms with Gasteiger partial charge in [-0.25, -0.2) is 0 Å². The number of likely N-dealkylation sites (tertiary alicyclic amines) is 1. The minimum Gasteiger partial charge on any atom is -0.363 e. The van der Waals surface area contributed by atoms with Gasteiger partial charge in [-0.15, -0.1) is 0 Å². The van der Waals surface area contributed by atoms with Crippen molar-refractivity contribution in [3.8, 4) is 11.8 Å². The molecule has 1 aliphatic rings. The quantitative estimate of drug-likeness (QED) is 0.835. The van der Waals surface area contributed by atoms with Gasteiger partial charge in [0.1, 0.15) is 6.61 Å². The summed E-state index contributed by atoms with van der Waals surface area (Å²) in [6.45, 7) is 2.51. The van der Waals surface area contributed by atoms with Crippen LogP contribution in [0.2, 0.25) is 0 Å². The molecule has 1 saturated heterocycles. The molecule has 1 heterocycles. The van der Waals surface area contributed by atoms with Gasteiger partial charge in [0.2, 0.25) is 0 Å². The highest BCUT2D eigenvalue weighted by molar-refractivity contribution is 5.36. The van der Waals surface area contributed by atoms with Gasteiger partial charge in [0.25, 0.3) is 0 Å². The van der Waals surface area contributed by atoms with Crippen LogP contribution in [0, 0.1) is 11.8 Å². The van der Waals surface area contributed by atoms with Crippen molar-refractivity contribution in [3.05, 3.63) is 71.3 Å². The number of hydrogen-bond acceptors (Lipinski definition) is 3. The molecular formula is C21H21F3N2O. The SMILES string of the molecule is N[C@@H]1CN(Cc2ccccc2)C[C@H]1OCC#Cc1ccc(C(F)(F)F)cc1. The zero-order chi connectivity index (χ0) is 19.3. The maximum Gasteiger partial charge on any atom is 0.416 e. The lowest BCUT2D eigenvalue weighted by Gasteiger charge is -2.15. The Labute approximate surface area is 156 Å². The molecule has 2 N–H and O–H groups in total. The average molecular weight is 374 g/mol. The second-order valence-electron chi connectivity index (χ2n) is 6.57. The lowest BCUT2D eigenvalue weighted by atomic mass is 10.1. The number of alkyl halides is 3. The standard InChI is InChI=1S/C21H21F3N2O/c22-21(23,24)18-10-8-16(9-11-18)7-4-12-27-20-15-26(14-19(20)25)13-17-5-2-1-3-6-17/h1-3,5-6,8-11,19-20H,12-15,25H2/t19-,20-/m1/s1. The fourth-order valence-electron chi connectivity index (χ4n) is 3.06. The van der Waals surface area contributed by atoms with Crippen molar-refractivity contribution >= 4 is 0 Å².